The number of carbonyl (C=O) groups is 1. The Bertz CT molecular complexity index is 985. The summed E-state index contributed by atoms with van der Waals surface area (Å²) < 4.78 is 24.7. The SMILES string of the molecule is CS(=O)(=O)Nc1ccc(NC(=O)c2ccc(NC3CC3)c([N+](=O)[O-])c2)cc1. The van der Waals surface area contributed by atoms with Gasteiger partial charge in [-0.2, -0.15) is 0 Å². The minimum absolute atomic E-state index is 0.151. The van der Waals surface area contributed by atoms with E-state index in [1.54, 1.807) is 0 Å². The predicted molar refractivity (Wildman–Crippen MR) is 103 cm³/mol. The first-order valence-corrected chi connectivity index (χ1v) is 10.0. The Balaban J connectivity index is 1.73. The van der Waals surface area contributed by atoms with Crippen molar-refractivity contribution in [3.63, 3.8) is 0 Å². The number of nitro groups is 1. The van der Waals surface area contributed by atoms with E-state index in [0.29, 0.717) is 17.1 Å². The van der Waals surface area contributed by atoms with E-state index in [1.807, 2.05) is 0 Å². The minimum Gasteiger partial charge on any atom is -0.377 e. The quantitative estimate of drug-likeness (QED) is 0.492. The van der Waals surface area contributed by atoms with Crippen LogP contribution in [-0.4, -0.2) is 31.5 Å². The normalized spacial score (nSPS) is 13.7. The molecule has 2 aromatic rings. The van der Waals surface area contributed by atoms with Gasteiger partial charge in [-0.15, -0.1) is 0 Å². The summed E-state index contributed by atoms with van der Waals surface area (Å²) in [4.78, 5) is 23.1. The summed E-state index contributed by atoms with van der Waals surface area (Å²) in [6.45, 7) is 0. The van der Waals surface area contributed by atoms with Gasteiger partial charge in [0.05, 0.1) is 11.2 Å². The molecule has 27 heavy (non-hydrogen) atoms. The Labute approximate surface area is 156 Å². The topological polar surface area (TPSA) is 130 Å². The van der Waals surface area contributed by atoms with Crippen molar-refractivity contribution < 1.29 is 18.1 Å². The smallest absolute Gasteiger partial charge is 0.293 e. The molecular weight excluding hydrogens is 372 g/mol. The molecule has 9 nitrogen and oxygen atoms in total. The number of amides is 1. The van der Waals surface area contributed by atoms with Gasteiger partial charge in [-0.1, -0.05) is 0 Å². The van der Waals surface area contributed by atoms with Crippen LogP contribution in [0.1, 0.15) is 23.2 Å². The summed E-state index contributed by atoms with van der Waals surface area (Å²) in [5.74, 6) is -0.500. The minimum atomic E-state index is -3.38. The van der Waals surface area contributed by atoms with Crippen LogP contribution in [0.5, 0.6) is 0 Å². The number of carbonyl (C=O) groups excluding carboxylic acids is 1. The van der Waals surface area contributed by atoms with E-state index in [-0.39, 0.29) is 17.3 Å². The van der Waals surface area contributed by atoms with Gasteiger partial charge in [0.15, 0.2) is 0 Å². The molecule has 0 spiro atoms. The van der Waals surface area contributed by atoms with Gasteiger partial charge in [-0.3, -0.25) is 19.6 Å². The van der Waals surface area contributed by atoms with Crippen LogP contribution in [0.15, 0.2) is 42.5 Å². The van der Waals surface area contributed by atoms with Gasteiger partial charge in [0.2, 0.25) is 10.0 Å². The van der Waals surface area contributed by atoms with Gasteiger partial charge in [0, 0.05) is 29.0 Å². The molecule has 0 heterocycles. The van der Waals surface area contributed by atoms with Gasteiger partial charge in [-0.05, 0) is 49.2 Å². The lowest BCUT2D eigenvalue weighted by Crippen LogP contribution is -2.13. The number of rotatable bonds is 7. The van der Waals surface area contributed by atoms with E-state index >= 15 is 0 Å². The van der Waals surface area contributed by atoms with Crippen LogP contribution in [0.25, 0.3) is 0 Å². The number of nitrogens with one attached hydrogen (secondary N) is 3. The predicted octanol–water partition coefficient (Wildman–Crippen LogP) is 2.79. The highest BCUT2D eigenvalue weighted by Crippen LogP contribution is 2.31. The summed E-state index contributed by atoms with van der Waals surface area (Å²) in [6.07, 6.45) is 2.99. The van der Waals surface area contributed by atoms with Gasteiger partial charge in [0.25, 0.3) is 11.6 Å². The highest BCUT2D eigenvalue weighted by atomic mass is 32.2. The number of nitro benzene ring substituents is 1. The molecule has 0 unspecified atom stereocenters. The highest BCUT2D eigenvalue weighted by Gasteiger charge is 2.25. The van der Waals surface area contributed by atoms with Crippen LogP contribution in [0.2, 0.25) is 0 Å². The maximum atomic E-state index is 12.4. The molecule has 1 amide bonds. The molecule has 0 saturated heterocycles. The van der Waals surface area contributed by atoms with Crippen LogP contribution in [0, 0.1) is 10.1 Å². The zero-order valence-electron chi connectivity index (χ0n) is 14.4. The Morgan fingerprint density at radius 3 is 2.30 bits per heavy atom. The number of hydrogen-bond donors (Lipinski definition) is 3. The number of hydrogen-bond acceptors (Lipinski definition) is 6. The van der Waals surface area contributed by atoms with Crippen molar-refractivity contribution in [1.82, 2.24) is 0 Å². The number of sulfonamides is 1. The van der Waals surface area contributed by atoms with E-state index in [9.17, 15) is 23.3 Å². The largest absolute Gasteiger partial charge is 0.377 e. The highest BCUT2D eigenvalue weighted by molar-refractivity contribution is 7.92. The van der Waals surface area contributed by atoms with Crippen LogP contribution in [0.4, 0.5) is 22.7 Å². The molecule has 142 valence electrons. The number of nitrogens with zero attached hydrogens (tertiary/aromatic N) is 1. The summed E-state index contributed by atoms with van der Waals surface area (Å²) in [5, 5.41) is 17.0. The first kappa shape index (κ1) is 18.6. The van der Waals surface area contributed by atoms with Crippen molar-refractivity contribution in [2.75, 3.05) is 21.6 Å². The maximum Gasteiger partial charge on any atom is 0.293 e. The fraction of sp³-hybridized carbons (Fsp3) is 0.235. The second kappa shape index (κ2) is 7.23. The molecule has 3 rings (SSSR count). The zero-order valence-corrected chi connectivity index (χ0v) is 15.2. The Kier molecular flexibility index (Phi) is 5.00. The summed E-state index contributed by atoms with van der Waals surface area (Å²) in [5.41, 5.74) is 1.20. The standard InChI is InChI=1S/C17H18N4O5S/c1-27(25,26)20-14-7-5-13(6-8-14)19-17(22)11-2-9-15(18-12-3-4-12)16(10-11)21(23)24/h2,5-10,12,18,20H,3-4H2,1H3,(H,19,22). The summed E-state index contributed by atoms with van der Waals surface area (Å²) in [7, 11) is -3.38. The lowest BCUT2D eigenvalue weighted by Gasteiger charge is -2.09. The van der Waals surface area contributed by atoms with Crippen molar-refractivity contribution in [2.45, 2.75) is 18.9 Å². The van der Waals surface area contributed by atoms with Gasteiger partial charge < -0.3 is 10.6 Å². The second-order valence-corrected chi connectivity index (χ2v) is 8.06. The van der Waals surface area contributed by atoms with Gasteiger partial charge >= 0.3 is 0 Å². The molecule has 1 saturated carbocycles. The number of anilines is 3. The van der Waals surface area contributed by atoms with E-state index in [2.05, 4.69) is 15.4 Å². The zero-order chi connectivity index (χ0) is 19.6. The Morgan fingerprint density at radius 2 is 1.74 bits per heavy atom. The third-order valence-corrected chi connectivity index (χ3v) is 4.45. The van der Waals surface area contributed by atoms with E-state index in [0.717, 1.165) is 19.1 Å². The fourth-order valence-electron chi connectivity index (χ4n) is 2.43. The first-order chi connectivity index (χ1) is 12.7. The molecule has 1 fully saturated rings. The van der Waals surface area contributed by atoms with Crippen LogP contribution < -0.4 is 15.4 Å². The molecule has 0 aromatic heterocycles. The molecule has 0 atom stereocenters. The average molecular weight is 390 g/mol. The molecule has 1 aliphatic carbocycles. The van der Waals surface area contributed by atoms with Crippen LogP contribution in [0.3, 0.4) is 0 Å². The molecule has 3 N–H and O–H groups in total. The third-order valence-electron chi connectivity index (χ3n) is 3.84. The second-order valence-electron chi connectivity index (χ2n) is 6.31. The number of benzene rings is 2. The maximum absolute atomic E-state index is 12.4. The lowest BCUT2D eigenvalue weighted by atomic mass is 10.1. The van der Waals surface area contributed by atoms with Crippen molar-refractivity contribution in [3.8, 4) is 0 Å². The van der Waals surface area contributed by atoms with E-state index in [1.165, 1.54) is 42.5 Å². The first-order valence-electron chi connectivity index (χ1n) is 8.15. The van der Waals surface area contributed by atoms with Crippen molar-refractivity contribution >= 4 is 38.7 Å². The van der Waals surface area contributed by atoms with Crippen molar-refractivity contribution in [2.24, 2.45) is 0 Å². The molecule has 2 aromatic carbocycles. The fourth-order valence-corrected chi connectivity index (χ4v) is 3.00. The Hall–Kier alpha value is -3.14. The molecular formula is C17H18N4O5S. The average Bonchev–Trinajstić information content (AvgIpc) is 3.39. The lowest BCUT2D eigenvalue weighted by molar-refractivity contribution is -0.384. The summed E-state index contributed by atoms with van der Waals surface area (Å²) in [6, 6.07) is 10.6. The molecule has 10 heteroatoms. The van der Waals surface area contributed by atoms with E-state index in [4.69, 9.17) is 0 Å². The van der Waals surface area contributed by atoms with Crippen molar-refractivity contribution in [3.05, 3.63) is 58.1 Å². The van der Waals surface area contributed by atoms with Crippen molar-refractivity contribution in [1.29, 1.82) is 0 Å². The van der Waals surface area contributed by atoms with Crippen LogP contribution >= 0.6 is 0 Å². The molecule has 1 aliphatic rings. The monoisotopic (exact) mass is 390 g/mol. The van der Waals surface area contributed by atoms with E-state index < -0.39 is 20.9 Å². The molecule has 0 radical (unpaired) electrons. The summed E-state index contributed by atoms with van der Waals surface area (Å²) >= 11 is 0. The van der Waals surface area contributed by atoms with Gasteiger partial charge in [0.1, 0.15) is 5.69 Å². The third kappa shape index (κ3) is 5.17. The molecule has 0 aliphatic heterocycles. The Morgan fingerprint density at radius 1 is 1.11 bits per heavy atom. The molecule has 0 bridgehead atoms. The van der Waals surface area contributed by atoms with Crippen LogP contribution in [-0.2, 0) is 10.0 Å². The van der Waals surface area contributed by atoms with Gasteiger partial charge in [-0.25, -0.2) is 8.42 Å².